The quantitative estimate of drug-likeness (QED) is 0.0740. The lowest BCUT2D eigenvalue weighted by molar-refractivity contribution is -0.332. The molecule has 19 nitrogen and oxygen atoms in total. The number of fused-ring (bicyclic) bond motifs is 2. The fraction of sp³-hybridized carbons (Fsp3) is 0.474. The van der Waals surface area contributed by atoms with Crippen LogP contribution in [0.2, 0.25) is 0 Å². The van der Waals surface area contributed by atoms with Crippen molar-refractivity contribution in [1.29, 1.82) is 0 Å². The summed E-state index contributed by atoms with van der Waals surface area (Å²) in [6, 6.07) is 12.1. The highest BCUT2D eigenvalue weighted by Gasteiger charge is 2.51. The van der Waals surface area contributed by atoms with Gasteiger partial charge in [-0.05, 0) is 48.4 Å². The molecule has 2 aliphatic carbocycles. The number of amides is 1. The lowest BCUT2D eigenvalue weighted by atomic mass is 9.84. The monoisotopic (exact) mass is 798 g/mol. The molecule has 2 aromatic carbocycles. The number of carbonyl (C=O) groups excluding carboxylic acids is 1. The van der Waals surface area contributed by atoms with Gasteiger partial charge in [-0.25, -0.2) is 0 Å². The van der Waals surface area contributed by atoms with Gasteiger partial charge in [0, 0.05) is 46.8 Å². The van der Waals surface area contributed by atoms with Gasteiger partial charge in [-0.15, -0.1) is 0 Å². The Labute approximate surface area is 324 Å². The maximum absolute atomic E-state index is 13.9. The van der Waals surface area contributed by atoms with Crippen LogP contribution in [0, 0.1) is 0 Å². The number of nitrogens with two attached hydrogens (primary N) is 3. The molecule has 0 spiro atoms. The Bertz CT molecular complexity index is 2090. The topological polar surface area (TPSA) is 336 Å². The van der Waals surface area contributed by atoms with Crippen LogP contribution in [-0.4, -0.2) is 152 Å². The van der Waals surface area contributed by atoms with Gasteiger partial charge in [0.2, 0.25) is 0 Å². The molecular formula is C38H46N4O15. The first kappa shape index (κ1) is 41.0. The normalized spacial score (nSPS) is 36.0. The van der Waals surface area contributed by atoms with Crippen molar-refractivity contribution < 1.29 is 69.0 Å². The molecule has 3 aliphatic heterocycles. The average molecular weight is 799 g/mol. The fourth-order valence-electron chi connectivity index (χ4n) is 7.71. The Morgan fingerprint density at radius 1 is 0.754 bits per heavy atom. The molecule has 19 heteroatoms. The van der Waals surface area contributed by atoms with E-state index in [0.29, 0.717) is 27.7 Å². The third kappa shape index (κ3) is 7.88. The second-order valence-electron chi connectivity index (χ2n) is 14.6. The van der Waals surface area contributed by atoms with Crippen molar-refractivity contribution in [2.45, 2.75) is 98.2 Å². The number of hydrogen-bond donors (Lipinski definition) is 12. The van der Waals surface area contributed by atoms with Crippen molar-refractivity contribution in [3.05, 3.63) is 76.5 Å². The maximum atomic E-state index is 13.9. The number of carbonyl (C=O) groups is 1. The first-order chi connectivity index (χ1) is 27.2. The Kier molecular flexibility index (Phi) is 11.9. The van der Waals surface area contributed by atoms with E-state index in [4.69, 9.17) is 40.6 Å². The molecule has 2 saturated heterocycles. The Morgan fingerprint density at radius 3 is 2.12 bits per heavy atom. The Morgan fingerprint density at radius 2 is 1.42 bits per heavy atom. The second kappa shape index (κ2) is 16.6. The zero-order chi connectivity index (χ0) is 40.9. The zero-order valence-corrected chi connectivity index (χ0v) is 30.2. The molecule has 15 atom stereocenters. The molecule has 0 aromatic heterocycles. The van der Waals surface area contributed by atoms with Gasteiger partial charge in [-0.1, -0.05) is 18.2 Å². The number of ether oxygens (including phenoxy) is 4. The van der Waals surface area contributed by atoms with E-state index in [1.807, 2.05) is 0 Å². The number of aliphatic hydroxyl groups is 7. The summed E-state index contributed by atoms with van der Waals surface area (Å²) < 4.78 is 29.1. The summed E-state index contributed by atoms with van der Waals surface area (Å²) in [6.45, 7) is -1.06. The van der Waals surface area contributed by atoms with Crippen LogP contribution in [0.25, 0.3) is 33.4 Å². The average Bonchev–Trinajstić information content (AvgIpc) is 3.19. The maximum Gasteiger partial charge on any atom is 0.252 e. The van der Waals surface area contributed by atoms with Gasteiger partial charge < -0.3 is 86.7 Å². The number of rotatable bonds is 9. The molecule has 0 radical (unpaired) electrons. The number of nitrogens with one attached hydrogen (secondary N) is 1. The van der Waals surface area contributed by atoms with Crippen LogP contribution < -0.4 is 27.9 Å². The SMILES string of the molecule is NC1CC(N)[C@@H](OC2O[C@H](CO)C(O)[C@@H](N)[C@H]2O)[C@@H](O)C1O[C@H]1OC(CNC(=O)c2ccccc2-c2c3ccc(=O)cc-3oc3ccc(O)cc23)[C@@H](O)[C@H](O)C1O. The Balaban J connectivity index is 1.08. The predicted molar refractivity (Wildman–Crippen MR) is 197 cm³/mol. The molecule has 3 heterocycles. The summed E-state index contributed by atoms with van der Waals surface area (Å²) in [4.78, 5) is 26.1. The largest absolute Gasteiger partial charge is 0.508 e. The van der Waals surface area contributed by atoms with Crippen molar-refractivity contribution in [1.82, 2.24) is 5.32 Å². The van der Waals surface area contributed by atoms with Gasteiger partial charge >= 0.3 is 0 Å². The number of aliphatic hydroxyl groups excluding tert-OH is 7. The molecular weight excluding hydrogens is 752 g/mol. The van der Waals surface area contributed by atoms with Crippen molar-refractivity contribution in [3.63, 3.8) is 0 Å². The second-order valence-corrected chi connectivity index (χ2v) is 14.6. The first-order valence-corrected chi connectivity index (χ1v) is 18.3. The van der Waals surface area contributed by atoms with E-state index in [1.54, 1.807) is 36.4 Å². The van der Waals surface area contributed by atoms with Crippen molar-refractivity contribution in [3.8, 4) is 28.2 Å². The fourth-order valence-corrected chi connectivity index (χ4v) is 7.71. The third-order valence-corrected chi connectivity index (χ3v) is 10.8. The number of phenolic OH excluding ortho intramolecular Hbond substituents is 1. The lowest BCUT2D eigenvalue weighted by Crippen LogP contribution is -2.68. The van der Waals surface area contributed by atoms with E-state index in [2.05, 4.69) is 5.32 Å². The molecule has 1 amide bonds. The summed E-state index contributed by atoms with van der Waals surface area (Å²) in [5.74, 6) is -0.443. The third-order valence-electron chi connectivity index (χ3n) is 10.8. The zero-order valence-electron chi connectivity index (χ0n) is 30.2. The minimum absolute atomic E-state index is 0.0159. The highest BCUT2D eigenvalue weighted by atomic mass is 16.7. The molecule has 7 unspecified atom stereocenters. The smallest absolute Gasteiger partial charge is 0.252 e. The molecule has 308 valence electrons. The van der Waals surface area contributed by atoms with Crippen molar-refractivity contribution >= 4 is 16.9 Å². The van der Waals surface area contributed by atoms with Gasteiger partial charge in [-0.3, -0.25) is 9.59 Å². The summed E-state index contributed by atoms with van der Waals surface area (Å²) in [6.07, 6.45) is -18.6. The van der Waals surface area contributed by atoms with Crippen LogP contribution in [0.5, 0.6) is 5.75 Å². The molecule has 1 saturated carbocycles. The van der Waals surface area contributed by atoms with Crippen LogP contribution in [0.3, 0.4) is 0 Å². The minimum Gasteiger partial charge on any atom is -0.508 e. The van der Waals surface area contributed by atoms with Crippen LogP contribution >= 0.6 is 0 Å². The lowest BCUT2D eigenvalue weighted by Gasteiger charge is -2.48. The highest BCUT2D eigenvalue weighted by Crippen LogP contribution is 2.42. The van der Waals surface area contributed by atoms with E-state index in [0.717, 1.165) is 0 Å². The highest BCUT2D eigenvalue weighted by molar-refractivity contribution is 6.09. The summed E-state index contributed by atoms with van der Waals surface area (Å²) in [5.41, 5.74) is 20.1. The number of phenols is 1. The predicted octanol–water partition coefficient (Wildman–Crippen LogP) is -3.24. The van der Waals surface area contributed by atoms with Crippen molar-refractivity contribution in [2.75, 3.05) is 13.2 Å². The standard InChI is InChI=1S/C38H46N4O15/c39-20-11-21(40)35(33(51)34(20)56-37-30(48)27(41)28(46)25(13-43)55-37)57-38-32(50)31(49)29(47)24(54-38)12-42-36(52)17-4-2-1-3-16(17)26-18-7-5-15(45)10-23(18)53-22-8-6-14(44)9-19(22)26/h1-10,20-21,24-25,27-35,37-38,43-44,46-51H,11-13,39-41H2,(H,42,52)/t20?,21?,24?,25-,27-,28?,29-,30-,31+,32?,33-,34-,35?,37?,38-/m1/s1. The van der Waals surface area contributed by atoms with Crippen molar-refractivity contribution in [2.24, 2.45) is 17.2 Å². The molecule has 2 aromatic rings. The number of benzene rings is 3. The first-order valence-electron chi connectivity index (χ1n) is 18.3. The van der Waals surface area contributed by atoms with Crippen LogP contribution in [0.15, 0.2) is 69.9 Å². The molecule has 5 aliphatic rings. The van der Waals surface area contributed by atoms with Gasteiger partial charge in [0.25, 0.3) is 5.91 Å². The Hall–Kier alpha value is -4.16. The van der Waals surface area contributed by atoms with Gasteiger partial charge in [-0.2, -0.15) is 0 Å². The minimum atomic E-state index is -1.86. The molecule has 57 heavy (non-hydrogen) atoms. The van der Waals surface area contributed by atoms with Gasteiger partial charge in [0.15, 0.2) is 18.0 Å². The van der Waals surface area contributed by atoms with E-state index in [9.17, 15) is 50.4 Å². The van der Waals surface area contributed by atoms with Gasteiger partial charge in [0.1, 0.15) is 78.1 Å². The number of hydrogen-bond acceptors (Lipinski definition) is 18. The summed E-state index contributed by atoms with van der Waals surface area (Å²) >= 11 is 0. The van der Waals surface area contributed by atoms with E-state index < -0.39 is 111 Å². The molecule has 7 rings (SSSR count). The number of aromatic hydroxyl groups is 1. The molecule has 15 N–H and O–H groups in total. The van der Waals surface area contributed by atoms with Crippen LogP contribution in [0.4, 0.5) is 0 Å². The van der Waals surface area contributed by atoms with E-state index in [1.165, 1.54) is 24.3 Å². The van der Waals surface area contributed by atoms with Crippen LogP contribution in [-0.2, 0) is 18.9 Å². The van der Waals surface area contributed by atoms with E-state index in [-0.39, 0.29) is 28.9 Å². The van der Waals surface area contributed by atoms with Crippen LogP contribution in [0.1, 0.15) is 16.8 Å². The summed E-state index contributed by atoms with van der Waals surface area (Å²) in [5, 5.41) is 87.9. The van der Waals surface area contributed by atoms with Gasteiger partial charge in [0.05, 0.1) is 12.6 Å². The molecule has 0 bridgehead atoms. The molecule has 3 fully saturated rings. The summed E-state index contributed by atoms with van der Waals surface area (Å²) in [7, 11) is 0. The van der Waals surface area contributed by atoms with E-state index >= 15 is 0 Å².